The van der Waals surface area contributed by atoms with Gasteiger partial charge in [0.1, 0.15) is 0 Å². The monoisotopic (exact) mass is 498 g/mol. The summed E-state index contributed by atoms with van der Waals surface area (Å²) in [6.07, 6.45) is 12.3. The molecular weight excluding hydrogens is 460 g/mol. The number of aromatic nitrogens is 4. The number of nitrogens with zero attached hydrogens (tertiary/aromatic N) is 5. The molecule has 0 saturated heterocycles. The van der Waals surface area contributed by atoms with Crippen molar-refractivity contribution in [3.8, 4) is 22.5 Å². The molecule has 0 atom stereocenters. The van der Waals surface area contributed by atoms with Crippen molar-refractivity contribution in [3.63, 3.8) is 0 Å². The SMILES string of the molecule is CCCCC1=C(C=O)N(CCC2CCCCC2)CN1Cc1ccc(-c2ccccc2-c2nnn[nH]2)cc1. The molecule has 0 spiro atoms. The minimum absolute atomic E-state index is 0.664. The molecule has 7 nitrogen and oxygen atoms in total. The van der Waals surface area contributed by atoms with E-state index in [-0.39, 0.29) is 0 Å². The summed E-state index contributed by atoms with van der Waals surface area (Å²) in [5.41, 5.74) is 6.57. The van der Waals surface area contributed by atoms with Crippen LogP contribution in [0, 0.1) is 5.92 Å². The fraction of sp³-hybridized carbons (Fsp3) is 0.467. The topological polar surface area (TPSA) is 78.0 Å². The Morgan fingerprint density at radius 2 is 1.78 bits per heavy atom. The van der Waals surface area contributed by atoms with Gasteiger partial charge >= 0.3 is 0 Å². The zero-order chi connectivity index (χ0) is 25.5. The van der Waals surface area contributed by atoms with Gasteiger partial charge in [-0.15, -0.1) is 5.10 Å². The number of carbonyl (C=O) groups excluding carboxylic acids is 1. The second kappa shape index (κ2) is 12.2. The number of unbranched alkanes of at least 4 members (excludes halogenated alkanes) is 1. The largest absolute Gasteiger partial charge is 0.351 e. The van der Waals surface area contributed by atoms with E-state index in [4.69, 9.17) is 0 Å². The number of rotatable bonds is 11. The summed E-state index contributed by atoms with van der Waals surface area (Å²) in [6, 6.07) is 16.9. The van der Waals surface area contributed by atoms with Gasteiger partial charge in [0.05, 0.1) is 12.4 Å². The van der Waals surface area contributed by atoms with Crippen LogP contribution in [0.15, 0.2) is 59.9 Å². The van der Waals surface area contributed by atoms with E-state index in [0.29, 0.717) is 5.82 Å². The molecule has 0 unspecified atom stereocenters. The van der Waals surface area contributed by atoms with Crippen LogP contribution in [0.2, 0.25) is 0 Å². The van der Waals surface area contributed by atoms with Crippen molar-refractivity contribution in [3.05, 3.63) is 65.5 Å². The van der Waals surface area contributed by atoms with Gasteiger partial charge in [-0.1, -0.05) is 94.0 Å². The molecule has 1 aromatic heterocycles. The summed E-state index contributed by atoms with van der Waals surface area (Å²) in [6.45, 7) is 4.82. The van der Waals surface area contributed by atoms with Crippen molar-refractivity contribution < 1.29 is 4.79 Å². The zero-order valence-corrected chi connectivity index (χ0v) is 21.9. The van der Waals surface area contributed by atoms with Gasteiger partial charge in [-0.05, 0) is 52.3 Å². The first kappa shape index (κ1) is 25.2. The third-order valence-electron chi connectivity index (χ3n) is 7.94. The number of hydrogen-bond donors (Lipinski definition) is 1. The molecular formula is C30H38N6O. The number of H-pyrrole nitrogens is 1. The van der Waals surface area contributed by atoms with Gasteiger partial charge in [0.25, 0.3) is 0 Å². The molecule has 1 saturated carbocycles. The molecule has 0 bridgehead atoms. The maximum Gasteiger partial charge on any atom is 0.180 e. The Morgan fingerprint density at radius 3 is 2.49 bits per heavy atom. The number of benzene rings is 2. The molecule has 0 amide bonds. The lowest BCUT2D eigenvalue weighted by atomic mass is 9.87. The number of aldehydes is 1. The summed E-state index contributed by atoms with van der Waals surface area (Å²) in [5, 5.41) is 14.4. The second-order valence-corrected chi connectivity index (χ2v) is 10.4. The number of carbonyl (C=O) groups is 1. The highest BCUT2D eigenvalue weighted by Crippen LogP contribution is 2.33. The Labute approximate surface area is 220 Å². The summed E-state index contributed by atoms with van der Waals surface area (Å²) in [7, 11) is 0. The van der Waals surface area contributed by atoms with Gasteiger partial charge in [0.2, 0.25) is 0 Å². The first-order valence-corrected chi connectivity index (χ1v) is 13.9. The number of allylic oxidation sites excluding steroid dienone is 2. The van der Waals surface area contributed by atoms with E-state index < -0.39 is 0 Å². The van der Waals surface area contributed by atoms with E-state index in [9.17, 15) is 4.79 Å². The van der Waals surface area contributed by atoms with Crippen LogP contribution in [0.1, 0.15) is 70.3 Å². The number of aromatic amines is 1. The van der Waals surface area contributed by atoms with Crippen LogP contribution in [0.5, 0.6) is 0 Å². The molecule has 1 N–H and O–H groups in total. The Morgan fingerprint density at radius 1 is 1.00 bits per heavy atom. The van der Waals surface area contributed by atoms with Crippen molar-refractivity contribution in [2.45, 2.75) is 71.3 Å². The number of nitrogens with one attached hydrogen (secondary N) is 1. The van der Waals surface area contributed by atoms with Gasteiger partial charge in [-0.2, -0.15) is 0 Å². The predicted octanol–water partition coefficient (Wildman–Crippen LogP) is 6.18. The summed E-state index contributed by atoms with van der Waals surface area (Å²) < 4.78 is 0. The van der Waals surface area contributed by atoms with E-state index in [0.717, 1.165) is 73.6 Å². The normalized spacial score (nSPS) is 16.6. The lowest BCUT2D eigenvalue weighted by Gasteiger charge is -2.27. The highest BCUT2D eigenvalue weighted by Gasteiger charge is 2.29. The quantitative estimate of drug-likeness (QED) is 0.318. The molecule has 1 fully saturated rings. The second-order valence-electron chi connectivity index (χ2n) is 10.4. The van der Waals surface area contributed by atoms with Crippen LogP contribution < -0.4 is 0 Å². The zero-order valence-electron chi connectivity index (χ0n) is 21.9. The Bertz CT molecular complexity index is 1180. The van der Waals surface area contributed by atoms with E-state index in [1.807, 2.05) is 18.2 Å². The third kappa shape index (κ3) is 5.92. The lowest BCUT2D eigenvalue weighted by molar-refractivity contribution is -0.106. The number of tetrazole rings is 1. The van der Waals surface area contributed by atoms with Gasteiger partial charge in [-0.25, -0.2) is 5.10 Å². The van der Waals surface area contributed by atoms with E-state index in [1.54, 1.807) is 0 Å². The van der Waals surface area contributed by atoms with Crippen molar-refractivity contribution in [2.24, 2.45) is 5.92 Å². The molecule has 37 heavy (non-hydrogen) atoms. The highest BCUT2D eigenvalue weighted by molar-refractivity contribution is 5.80. The predicted molar refractivity (Wildman–Crippen MR) is 146 cm³/mol. The van der Waals surface area contributed by atoms with Crippen LogP contribution in [-0.4, -0.2) is 49.9 Å². The fourth-order valence-electron chi connectivity index (χ4n) is 5.86. The van der Waals surface area contributed by atoms with Gasteiger partial charge in [0.15, 0.2) is 12.1 Å². The molecule has 2 aromatic carbocycles. The Hall–Kier alpha value is -3.48. The smallest absolute Gasteiger partial charge is 0.180 e. The van der Waals surface area contributed by atoms with Crippen LogP contribution in [0.25, 0.3) is 22.5 Å². The van der Waals surface area contributed by atoms with Crippen molar-refractivity contribution in [1.82, 2.24) is 30.4 Å². The average Bonchev–Trinajstić information content (AvgIpc) is 3.60. The van der Waals surface area contributed by atoms with Crippen LogP contribution in [-0.2, 0) is 11.3 Å². The molecule has 2 heterocycles. The Balaban J connectivity index is 1.31. The molecule has 2 aliphatic rings. The first-order valence-electron chi connectivity index (χ1n) is 13.9. The molecule has 7 heteroatoms. The van der Waals surface area contributed by atoms with Crippen molar-refractivity contribution in [2.75, 3.05) is 13.2 Å². The highest BCUT2D eigenvalue weighted by atomic mass is 16.1. The molecule has 1 aliphatic heterocycles. The third-order valence-corrected chi connectivity index (χ3v) is 7.94. The van der Waals surface area contributed by atoms with Gasteiger partial charge in [0, 0.05) is 24.4 Å². The minimum Gasteiger partial charge on any atom is -0.351 e. The maximum atomic E-state index is 12.2. The van der Waals surface area contributed by atoms with Crippen LogP contribution in [0.3, 0.4) is 0 Å². The molecule has 3 aromatic rings. The van der Waals surface area contributed by atoms with Crippen molar-refractivity contribution in [1.29, 1.82) is 0 Å². The summed E-state index contributed by atoms with van der Waals surface area (Å²) in [4.78, 5) is 17.0. The molecule has 5 rings (SSSR count). The molecule has 1 aliphatic carbocycles. The minimum atomic E-state index is 0.664. The first-order chi connectivity index (χ1) is 18.3. The standard InChI is InChI=1S/C30H38N6O/c1-2-3-13-28-29(21-37)35(19-18-23-9-5-4-6-10-23)22-36(28)20-24-14-16-25(17-15-24)26-11-7-8-12-27(26)30-31-33-34-32-30/h7-8,11-12,14-17,21,23H,2-6,9-10,13,18-20,22H2,1H3,(H,31,32,33,34). The van der Waals surface area contributed by atoms with Gasteiger partial charge < -0.3 is 9.80 Å². The number of hydrogen-bond acceptors (Lipinski definition) is 6. The van der Waals surface area contributed by atoms with E-state index in [2.05, 4.69) is 67.7 Å². The fourth-order valence-corrected chi connectivity index (χ4v) is 5.86. The van der Waals surface area contributed by atoms with E-state index >= 15 is 0 Å². The van der Waals surface area contributed by atoms with Crippen LogP contribution >= 0.6 is 0 Å². The summed E-state index contributed by atoms with van der Waals surface area (Å²) >= 11 is 0. The average molecular weight is 499 g/mol. The maximum absolute atomic E-state index is 12.2. The van der Waals surface area contributed by atoms with Crippen molar-refractivity contribution >= 4 is 6.29 Å². The lowest BCUT2D eigenvalue weighted by Crippen LogP contribution is -2.30. The summed E-state index contributed by atoms with van der Waals surface area (Å²) in [5.74, 6) is 1.48. The molecule has 194 valence electrons. The Kier molecular flexibility index (Phi) is 8.28. The van der Waals surface area contributed by atoms with Gasteiger partial charge in [-0.3, -0.25) is 4.79 Å². The molecule has 0 radical (unpaired) electrons. The van der Waals surface area contributed by atoms with E-state index in [1.165, 1.54) is 49.8 Å². The van der Waals surface area contributed by atoms with Crippen LogP contribution in [0.4, 0.5) is 0 Å².